The van der Waals surface area contributed by atoms with Crippen LogP contribution in [-0.4, -0.2) is 105 Å². The number of carboxylic acid groups (broad SMARTS) is 4. The van der Waals surface area contributed by atoms with E-state index in [1.54, 1.807) is 0 Å². The van der Waals surface area contributed by atoms with Gasteiger partial charge in [0.15, 0.2) is 0 Å². The SMILES string of the molecule is CC(=O)OC(C)=O.O=C(O)CN(CCN(CC(=O)O)CC(=O)O)CC(=O)O. The molecule has 0 aromatic rings. The third-order valence-corrected chi connectivity index (χ3v) is 2.46. The molecule has 4 N–H and O–H groups in total. The van der Waals surface area contributed by atoms with Crippen molar-refractivity contribution in [3.8, 4) is 0 Å². The third-order valence-electron chi connectivity index (χ3n) is 2.46. The second-order valence-corrected chi connectivity index (χ2v) is 5.08. The number of ether oxygens (including phenoxy) is 1. The van der Waals surface area contributed by atoms with Gasteiger partial charge >= 0.3 is 35.8 Å². The monoisotopic (exact) mass is 394 g/mol. The summed E-state index contributed by atoms with van der Waals surface area (Å²) >= 11 is 0. The number of hydrogen-bond acceptors (Lipinski definition) is 9. The van der Waals surface area contributed by atoms with Crippen molar-refractivity contribution >= 4 is 35.8 Å². The third kappa shape index (κ3) is 20.9. The lowest BCUT2D eigenvalue weighted by molar-refractivity contribution is -0.156. The highest BCUT2D eigenvalue weighted by Gasteiger charge is 2.17. The molecule has 13 nitrogen and oxygen atoms in total. The predicted octanol–water partition coefficient (Wildman–Crippen LogP) is -1.98. The van der Waals surface area contributed by atoms with Crippen molar-refractivity contribution in [2.45, 2.75) is 13.8 Å². The van der Waals surface area contributed by atoms with E-state index in [1.807, 2.05) is 0 Å². The molecule has 13 heteroatoms. The van der Waals surface area contributed by atoms with Crippen LogP contribution in [0.4, 0.5) is 0 Å². The number of nitrogens with zero attached hydrogens (tertiary/aromatic N) is 2. The molecule has 27 heavy (non-hydrogen) atoms. The summed E-state index contributed by atoms with van der Waals surface area (Å²) in [5, 5.41) is 34.5. The van der Waals surface area contributed by atoms with Gasteiger partial charge in [0, 0.05) is 26.9 Å². The van der Waals surface area contributed by atoms with Crippen LogP contribution in [0.15, 0.2) is 0 Å². The summed E-state index contributed by atoms with van der Waals surface area (Å²) in [4.78, 5) is 64.0. The van der Waals surface area contributed by atoms with Gasteiger partial charge in [-0.15, -0.1) is 0 Å². The number of hydrogen-bond donors (Lipinski definition) is 4. The highest BCUT2D eigenvalue weighted by atomic mass is 16.6. The Morgan fingerprint density at radius 2 is 0.815 bits per heavy atom. The van der Waals surface area contributed by atoms with Crippen LogP contribution >= 0.6 is 0 Å². The minimum Gasteiger partial charge on any atom is -0.480 e. The smallest absolute Gasteiger partial charge is 0.317 e. The Morgan fingerprint density at radius 1 is 0.593 bits per heavy atom. The van der Waals surface area contributed by atoms with Gasteiger partial charge in [0.25, 0.3) is 0 Å². The standard InChI is InChI=1S/C10H16N2O8.C4H6O3/c13-7(14)3-11(4-8(15)16)1-2-12(5-9(17)18)6-10(19)20;1-3(5)7-4(2)6/h1-6H2,(H,13,14)(H,15,16)(H,17,18)(H,19,20);1-2H3. The van der Waals surface area contributed by atoms with E-state index in [4.69, 9.17) is 20.4 Å². The van der Waals surface area contributed by atoms with Gasteiger partial charge in [-0.05, 0) is 0 Å². The van der Waals surface area contributed by atoms with Gasteiger partial charge in [-0.25, -0.2) is 0 Å². The van der Waals surface area contributed by atoms with E-state index in [9.17, 15) is 28.8 Å². The minimum atomic E-state index is -1.23. The first-order chi connectivity index (χ1) is 12.3. The van der Waals surface area contributed by atoms with Crippen LogP contribution < -0.4 is 0 Å². The molecule has 154 valence electrons. The second-order valence-electron chi connectivity index (χ2n) is 5.08. The van der Waals surface area contributed by atoms with Crippen LogP contribution in [0, 0.1) is 0 Å². The summed E-state index contributed by atoms with van der Waals surface area (Å²) in [7, 11) is 0. The number of esters is 2. The zero-order valence-electron chi connectivity index (χ0n) is 14.8. The van der Waals surface area contributed by atoms with Gasteiger partial charge in [0.1, 0.15) is 0 Å². The zero-order valence-corrected chi connectivity index (χ0v) is 14.8. The van der Waals surface area contributed by atoms with Crippen LogP contribution in [0.3, 0.4) is 0 Å². The number of carbonyl (C=O) groups is 6. The van der Waals surface area contributed by atoms with E-state index in [2.05, 4.69) is 4.74 Å². The topological polar surface area (TPSA) is 199 Å². The molecule has 0 spiro atoms. The van der Waals surface area contributed by atoms with Crippen molar-refractivity contribution in [2.75, 3.05) is 39.3 Å². The molecule has 0 bridgehead atoms. The summed E-state index contributed by atoms with van der Waals surface area (Å²) in [5.41, 5.74) is 0. The van der Waals surface area contributed by atoms with E-state index in [0.29, 0.717) is 0 Å². The Kier molecular flexibility index (Phi) is 13.7. The molecule has 0 atom stereocenters. The molecule has 0 saturated heterocycles. The lowest BCUT2D eigenvalue weighted by Gasteiger charge is -2.23. The normalized spacial score (nSPS) is 9.93. The Balaban J connectivity index is 0. The largest absolute Gasteiger partial charge is 0.480 e. The molecule has 0 aliphatic carbocycles. The van der Waals surface area contributed by atoms with E-state index >= 15 is 0 Å². The number of carboxylic acids is 4. The lowest BCUT2D eigenvalue weighted by Crippen LogP contribution is -2.43. The fraction of sp³-hybridized carbons (Fsp3) is 0.571. The van der Waals surface area contributed by atoms with Crippen molar-refractivity contribution in [1.82, 2.24) is 9.80 Å². The fourth-order valence-corrected chi connectivity index (χ4v) is 1.68. The summed E-state index contributed by atoms with van der Waals surface area (Å²) in [6.07, 6.45) is 0. The Labute approximate surface area is 153 Å². The highest BCUT2D eigenvalue weighted by Crippen LogP contribution is 1.94. The van der Waals surface area contributed by atoms with Gasteiger partial charge in [-0.3, -0.25) is 38.6 Å². The summed E-state index contributed by atoms with van der Waals surface area (Å²) in [6.45, 7) is 0.113. The maximum Gasteiger partial charge on any atom is 0.317 e. The maximum atomic E-state index is 10.6. The molecule has 0 unspecified atom stereocenters. The molecule has 0 aliphatic heterocycles. The predicted molar refractivity (Wildman–Crippen MR) is 85.9 cm³/mol. The number of rotatable bonds is 11. The molecule has 0 aromatic heterocycles. The van der Waals surface area contributed by atoms with Gasteiger partial charge in [0.2, 0.25) is 0 Å². The number of carbonyl (C=O) groups excluding carboxylic acids is 2. The fourth-order valence-electron chi connectivity index (χ4n) is 1.68. The molecule has 0 aliphatic rings. The first-order valence-electron chi connectivity index (χ1n) is 7.34. The average Bonchev–Trinajstić information content (AvgIpc) is 2.41. The van der Waals surface area contributed by atoms with Gasteiger partial charge in [-0.2, -0.15) is 0 Å². The highest BCUT2D eigenvalue weighted by molar-refractivity contribution is 5.82. The van der Waals surface area contributed by atoms with Crippen LogP contribution in [0.1, 0.15) is 13.8 Å². The molecule has 0 aromatic carbocycles. The Bertz CT molecular complexity index is 481. The Morgan fingerprint density at radius 3 is 0.926 bits per heavy atom. The van der Waals surface area contributed by atoms with Crippen LogP contribution in [0.25, 0.3) is 0 Å². The van der Waals surface area contributed by atoms with E-state index in [0.717, 1.165) is 9.80 Å². The van der Waals surface area contributed by atoms with E-state index < -0.39 is 62.0 Å². The van der Waals surface area contributed by atoms with Crippen molar-refractivity contribution < 1.29 is 53.9 Å². The van der Waals surface area contributed by atoms with E-state index in [-0.39, 0.29) is 13.1 Å². The average molecular weight is 394 g/mol. The second kappa shape index (κ2) is 14.1. The molecule has 0 rings (SSSR count). The van der Waals surface area contributed by atoms with Crippen LogP contribution in [-0.2, 0) is 33.5 Å². The molecular weight excluding hydrogens is 372 g/mol. The molecule has 0 radical (unpaired) electrons. The Hall–Kier alpha value is -3.06. The van der Waals surface area contributed by atoms with Crippen molar-refractivity contribution in [1.29, 1.82) is 0 Å². The molecule has 0 fully saturated rings. The summed E-state index contributed by atoms with van der Waals surface area (Å²) in [5.74, 6) is -6.04. The first kappa shape index (κ1) is 26.2. The summed E-state index contributed by atoms with van der Waals surface area (Å²) < 4.78 is 3.97. The van der Waals surface area contributed by atoms with Crippen molar-refractivity contribution in [3.05, 3.63) is 0 Å². The van der Waals surface area contributed by atoms with Gasteiger partial charge in [0.05, 0.1) is 26.2 Å². The lowest BCUT2D eigenvalue weighted by atomic mass is 10.4. The number of aliphatic carboxylic acids is 4. The zero-order chi connectivity index (χ0) is 21.6. The molecular formula is C14H22N2O11. The van der Waals surface area contributed by atoms with E-state index in [1.165, 1.54) is 13.8 Å². The van der Waals surface area contributed by atoms with Gasteiger partial charge < -0.3 is 25.2 Å². The summed E-state index contributed by atoms with van der Waals surface area (Å²) in [6, 6.07) is 0. The van der Waals surface area contributed by atoms with Gasteiger partial charge in [-0.1, -0.05) is 0 Å². The van der Waals surface area contributed by atoms with Crippen molar-refractivity contribution in [3.63, 3.8) is 0 Å². The first-order valence-corrected chi connectivity index (χ1v) is 7.34. The quantitative estimate of drug-likeness (QED) is 0.222. The van der Waals surface area contributed by atoms with Crippen LogP contribution in [0.5, 0.6) is 0 Å². The van der Waals surface area contributed by atoms with Crippen LogP contribution in [0.2, 0.25) is 0 Å². The molecule has 0 amide bonds. The van der Waals surface area contributed by atoms with Crippen molar-refractivity contribution in [2.24, 2.45) is 0 Å². The molecule has 0 heterocycles. The molecule has 0 saturated carbocycles. The minimum absolute atomic E-state index is 0.0703. The maximum absolute atomic E-state index is 10.6.